The molecule has 1 aromatic carbocycles. The van der Waals surface area contributed by atoms with Gasteiger partial charge < -0.3 is 9.47 Å². The molecule has 0 N–H and O–H groups in total. The van der Waals surface area contributed by atoms with Crippen LogP contribution in [0.5, 0.6) is 11.5 Å². The van der Waals surface area contributed by atoms with Crippen LogP contribution in [0.2, 0.25) is 0 Å². The fraction of sp³-hybridized carbons (Fsp3) is 0.312. The van der Waals surface area contributed by atoms with Gasteiger partial charge in [-0.25, -0.2) is 0 Å². The lowest BCUT2D eigenvalue weighted by molar-refractivity contribution is 0.295. The van der Waals surface area contributed by atoms with Crippen LogP contribution >= 0.6 is 11.6 Å². The Hall–Kier alpha value is -1.74. The van der Waals surface area contributed by atoms with Crippen molar-refractivity contribution in [3.8, 4) is 11.5 Å². The molecule has 0 amide bonds. The zero-order chi connectivity index (χ0) is 14.5. The van der Waals surface area contributed by atoms with Crippen molar-refractivity contribution in [3.05, 3.63) is 52.8 Å². The van der Waals surface area contributed by atoms with Gasteiger partial charge in [0.1, 0.15) is 18.1 Å². The third-order valence-electron chi connectivity index (χ3n) is 3.02. The SMILES string of the molecule is COc1cc(C)nc(COc2c(C)cccc2CCl)c1. The number of benzene rings is 1. The van der Waals surface area contributed by atoms with Gasteiger partial charge in [0, 0.05) is 23.4 Å². The fourth-order valence-corrected chi connectivity index (χ4v) is 2.28. The lowest BCUT2D eigenvalue weighted by atomic mass is 10.1. The molecule has 1 aromatic heterocycles. The maximum absolute atomic E-state index is 5.94. The summed E-state index contributed by atoms with van der Waals surface area (Å²) in [7, 11) is 1.65. The molecule has 106 valence electrons. The largest absolute Gasteiger partial charge is 0.497 e. The number of rotatable bonds is 5. The topological polar surface area (TPSA) is 31.4 Å². The quantitative estimate of drug-likeness (QED) is 0.780. The van der Waals surface area contributed by atoms with Crippen molar-refractivity contribution < 1.29 is 9.47 Å². The standard InChI is InChI=1S/C16H18ClNO2/c1-11-5-4-6-13(9-17)16(11)20-10-14-8-15(19-3)7-12(2)18-14/h4-8H,9-10H2,1-3H3. The minimum atomic E-state index is 0.396. The van der Waals surface area contributed by atoms with E-state index in [1.165, 1.54) is 0 Å². The number of aromatic nitrogens is 1. The molecule has 1 heterocycles. The van der Waals surface area contributed by atoms with Crippen molar-refractivity contribution in [2.45, 2.75) is 26.3 Å². The van der Waals surface area contributed by atoms with Crippen LogP contribution in [0, 0.1) is 13.8 Å². The van der Waals surface area contributed by atoms with Crippen molar-refractivity contribution in [2.24, 2.45) is 0 Å². The first kappa shape index (κ1) is 14.7. The van der Waals surface area contributed by atoms with Crippen molar-refractivity contribution >= 4 is 11.6 Å². The molecular formula is C16H18ClNO2. The maximum atomic E-state index is 5.94. The summed E-state index contributed by atoms with van der Waals surface area (Å²) in [4.78, 5) is 4.44. The van der Waals surface area contributed by atoms with Gasteiger partial charge >= 0.3 is 0 Å². The van der Waals surface area contributed by atoms with Crippen LogP contribution in [-0.4, -0.2) is 12.1 Å². The summed E-state index contributed by atoms with van der Waals surface area (Å²) in [6, 6.07) is 9.73. The van der Waals surface area contributed by atoms with E-state index in [4.69, 9.17) is 21.1 Å². The van der Waals surface area contributed by atoms with Crippen LogP contribution in [0.1, 0.15) is 22.5 Å². The Morgan fingerprint density at radius 2 is 2.00 bits per heavy atom. The summed E-state index contributed by atoms with van der Waals surface area (Å²) in [5.41, 5.74) is 3.81. The number of nitrogens with zero attached hydrogens (tertiary/aromatic N) is 1. The third-order valence-corrected chi connectivity index (χ3v) is 3.31. The lowest BCUT2D eigenvalue weighted by Crippen LogP contribution is -2.03. The second-order valence-corrected chi connectivity index (χ2v) is 4.89. The summed E-state index contributed by atoms with van der Waals surface area (Å²) < 4.78 is 11.1. The van der Waals surface area contributed by atoms with E-state index in [1.54, 1.807) is 7.11 Å². The Morgan fingerprint density at radius 3 is 2.70 bits per heavy atom. The molecule has 0 aliphatic rings. The predicted octanol–water partition coefficient (Wildman–Crippen LogP) is 4.02. The molecule has 0 bridgehead atoms. The van der Waals surface area contributed by atoms with E-state index in [0.29, 0.717) is 12.5 Å². The highest BCUT2D eigenvalue weighted by Gasteiger charge is 2.08. The van der Waals surface area contributed by atoms with Crippen LogP contribution < -0.4 is 9.47 Å². The minimum Gasteiger partial charge on any atom is -0.497 e. The number of para-hydroxylation sites is 1. The van der Waals surface area contributed by atoms with Gasteiger partial charge in [0.25, 0.3) is 0 Å². The molecule has 0 aliphatic carbocycles. The van der Waals surface area contributed by atoms with E-state index in [1.807, 2.05) is 44.2 Å². The molecule has 0 saturated carbocycles. The number of hydrogen-bond acceptors (Lipinski definition) is 3. The van der Waals surface area contributed by atoms with Crippen LogP contribution in [0.4, 0.5) is 0 Å². The van der Waals surface area contributed by atoms with Crippen molar-refractivity contribution in [1.29, 1.82) is 0 Å². The molecule has 0 saturated heterocycles. The van der Waals surface area contributed by atoms with E-state index in [2.05, 4.69) is 4.98 Å². The fourth-order valence-electron chi connectivity index (χ4n) is 2.07. The van der Waals surface area contributed by atoms with Gasteiger partial charge in [-0.15, -0.1) is 11.6 Å². The maximum Gasteiger partial charge on any atom is 0.130 e. The second-order valence-electron chi connectivity index (χ2n) is 4.63. The molecule has 0 atom stereocenters. The summed E-state index contributed by atoms with van der Waals surface area (Å²) in [5.74, 6) is 2.06. The summed E-state index contributed by atoms with van der Waals surface area (Å²) >= 11 is 5.94. The molecule has 3 nitrogen and oxygen atoms in total. The zero-order valence-corrected chi connectivity index (χ0v) is 12.7. The Balaban J connectivity index is 2.19. The van der Waals surface area contributed by atoms with Crippen LogP contribution in [0.15, 0.2) is 30.3 Å². The van der Waals surface area contributed by atoms with Gasteiger partial charge in [-0.3, -0.25) is 4.98 Å². The Bertz CT molecular complexity index is 599. The van der Waals surface area contributed by atoms with Gasteiger partial charge in [-0.05, 0) is 19.4 Å². The molecule has 20 heavy (non-hydrogen) atoms. The number of aryl methyl sites for hydroxylation is 2. The van der Waals surface area contributed by atoms with Crippen molar-refractivity contribution in [2.75, 3.05) is 7.11 Å². The van der Waals surface area contributed by atoms with E-state index in [0.717, 1.165) is 34.0 Å². The smallest absolute Gasteiger partial charge is 0.130 e. The van der Waals surface area contributed by atoms with Gasteiger partial charge in [0.15, 0.2) is 0 Å². The van der Waals surface area contributed by atoms with E-state index >= 15 is 0 Å². The Kier molecular flexibility index (Phi) is 4.85. The van der Waals surface area contributed by atoms with Crippen LogP contribution in [0.3, 0.4) is 0 Å². The average molecular weight is 292 g/mol. The molecule has 0 radical (unpaired) electrons. The summed E-state index contributed by atoms with van der Waals surface area (Å²) in [6.45, 7) is 4.34. The van der Waals surface area contributed by atoms with E-state index < -0.39 is 0 Å². The van der Waals surface area contributed by atoms with Crippen molar-refractivity contribution in [1.82, 2.24) is 4.98 Å². The number of alkyl halides is 1. The molecule has 0 aliphatic heterocycles. The van der Waals surface area contributed by atoms with Gasteiger partial charge in [-0.2, -0.15) is 0 Å². The van der Waals surface area contributed by atoms with Gasteiger partial charge in [0.2, 0.25) is 0 Å². The number of halogens is 1. The van der Waals surface area contributed by atoms with Crippen LogP contribution in [0.25, 0.3) is 0 Å². The number of hydrogen-bond donors (Lipinski definition) is 0. The van der Waals surface area contributed by atoms with E-state index in [-0.39, 0.29) is 0 Å². The van der Waals surface area contributed by atoms with Crippen molar-refractivity contribution in [3.63, 3.8) is 0 Å². The highest BCUT2D eigenvalue weighted by molar-refractivity contribution is 6.17. The summed E-state index contributed by atoms with van der Waals surface area (Å²) in [6.07, 6.45) is 0. The zero-order valence-electron chi connectivity index (χ0n) is 11.9. The van der Waals surface area contributed by atoms with Gasteiger partial charge in [0.05, 0.1) is 18.7 Å². The Labute approximate surface area is 124 Å². The predicted molar refractivity (Wildman–Crippen MR) is 80.6 cm³/mol. The molecule has 4 heteroatoms. The summed E-state index contributed by atoms with van der Waals surface area (Å²) in [5, 5.41) is 0. The normalized spacial score (nSPS) is 10.4. The lowest BCUT2D eigenvalue weighted by Gasteiger charge is -2.13. The molecular weight excluding hydrogens is 274 g/mol. The molecule has 0 unspecified atom stereocenters. The molecule has 0 spiro atoms. The molecule has 0 fully saturated rings. The third kappa shape index (κ3) is 3.42. The van der Waals surface area contributed by atoms with Crippen LogP contribution in [-0.2, 0) is 12.5 Å². The van der Waals surface area contributed by atoms with Gasteiger partial charge in [-0.1, -0.05) is 18.2 Å². The number of ether oxygens (including phenoxy) is 2. The molecule has 2 rings (SSSR count). The highest BCUT2D eigenvalue weighted by atomic mass is 35.5. The first-order valence-corrected chi connectivity index (χ1v) is 6.96. The number of pyridine rings is 1. The highest BCUT2D eigenvalue weighted by Crippen LogP contribution is 2.26. The second kappa shape index (κ2) is 6.62. The number of methoxy groups -OCH3 is 1. The monoisotopic (exact) mass is 291 g/mol. The average Bonchev–Trinajstić information content (AvgIpc) is 2.45. The van der Waals surface area contributed by atoms with E-state index in [9.17, 15) is 0 Å². The first-order chi connectivity index (χ1) is 9.63. The molecule has 2 aromatic rings. The Morgan fingerprint density at radius 1 is 1.20 bits per heavy atom. The first-order valence-electron chi connectivity index (χ1n) is 6.43. The minimum absolute atomic E-state index is 0.396.